The monoisotopic (exact) mass is 197 g/mol. The van der Waals surface area contributed by atoms with Crippen LogP contribution in [0.4, 0.5) is 0 Å². The van der Waals surface area contributed by atoms with E-state index in [-0.39, 0.29) is 0 Å². The molecule has 0 saturated carbocycles. The number of aliphatic imine (C=N–C) groups is 1. The maximum absolute atomic E-state index is 9.72. The molecule has 0 atom stereocenters. The Balaban J connectivity index is 2.99. The highest BCUT2D eigenvalue weighted by Crippen LogP contribution is 2.00. The molecule has 0 rings (SSSR count). The van der Waals surface area contributed by atoms with Gasteiger partial charge in [0.05, 0.1) is 13.2 Å². The van der Waals surface area contributed by atoms with E-state index in [1.807, 2.05) is 6.92 Å². The van der Waals surface area contributed by atoms with Gasteiger partial charge in [-0.15, -0.1) is 0 Å². The highest BCUT2D eigenvalue weighted by molar-refractivity contribution is 5.32. The molecule has 0 aromatic carbocycles. The van der Waals surface area contributed by atoms with Gasteiger partial charge in [0.25, 0.3) is 0 Å². The summed E-state index contributed by atoms with van der Waals surface area (Å²) in [6.07, 6.45) is 5.80. The average molecular weight is 197 g/mol. The molecular formula is C11H19NO2. The first-order chi connectivity index (χ1) is 6.77. The van der Waals surface area contributed by atoms with Gasteiger partial charge in [-0.05, 0) is 19.8 Å². The number of isocyanates is 1. The molecule has 0 saturated heterocycles. The number of rotatable bonds is 9. The van der Waals surface area contributed by atoms with Gasteiger partial charge in [0.15, 0.2) is 0 Å². The Bertz CT molecular complexity index is 187. The van der Waals surface area contributed by atoms with Gasteiger partial charge in [0.1, 0.15) is 0 Å². The fraction of sp³-hybridized carbons (Fsp3) is 0.727. The van der Waals surface area contributed by atoms with Gasteiger partial charge >= 0.3 is 0 Å². The van der Waals surface area contributed by atoms with Crippen LogP contribution in [0.25, 0.3) is 0 Å². The van der Waals surface area contributed by atoms with Gasteiger partial charge < -0.3 is 4.74 Å². The maximum atomic E-state index is 9.72. The smallest absolute Gasteiger partial charge is 0.234 e. The van der Waals surface area contributed by atoms with E-state index >= 15 is 0 Å². The Hall–Kier alpha value is -0.920. The molecule has 0 bridgehead atoms. The second-order valence-corrected chi connectivity index (χ2v) is 3.40. The molecule has 0 radical (unpaired) electrons. The van der Waals surface area contributed by atoms with E-state index in [4.69, 9.17) is 4.74 Å². The standard InChI is InChI=1S/C11H19NO2/c1-11(2)9-14-8-6-4-3-5-7-12-10-13/h1,3-9H2,2H3. The molecule has 0 aliphatic heterocycles. The Labute approximate surface area is 85.9 Å². The summed E-state index contributed by atoms with van der Waals surface area (Å²) in [5, 5.41) is 0. The van der Waals surface area contributed by atoms with Crippen molar-refractivity contribution in [3.05, 3.63) is 12.2 Å². The van der Waals surface area contributed by atoms with Gasteiger partial charge in [0.2, 0.25) is 6.08 Å². The molecule has 3 heteroatoms. The molecule has 0 fully saturated rings. The van der Waals surface area contributed by atoms with Gasteiger partial charge in [-0.1, -0.05) is 25.0 Å². The molecule has 0 spiro atoms. The molecule has 80 valence electrons. The Kier molecular flexibility index (Phi) is 9.49. The van der Waals surface area contributed by atoms with Gasteiger partial charge in [-0.2, -0.15) is 0 Å². The number of carbonyl (C=O) groups excluding carboxylic acids is 1. The van der Waals surface area contributed by atoms with Crippen molar-refractivity contribution in [1.29, 1.82) is 0 Å². The van der Waals surface area contributed by atoms with Crippen LogP contribution in [0.15, 0.2) is 17.1 Å². The first kappa shape index (κ1) is 13.1. The van der Waals surface area contributed by atoms with Crippen LogP contribution in [0, 0.1) is 0 Å². The fourth-order valence-electron chi connectivity index (χ4n) is 1.04. The molecule has 0 aromatic heterocycles. The predicted octanol–water partition coefficient (Wildman–Crippen LogP) is 2.48. The Morgan fingerprint density at radius 3 is 2.71 bits per heavy atom. The zero-order chi connectivity index (χ0) is 10.6. The number of hydrogen-bond acceptors (Lipinski definition) is 3. The molecule has 0 aliphatic rings. The topological polar surface area (TPSA) is 38.7 Å². The number of hydrogen-bond donors (Lipinski definition) is 0. The van der Waals surface area contributed by atoms with Gasteiger partial charge in [0, 0.05) is 6.61 Å². The normalized spacial score (nSPS) is 9.50. The van der Waals surface area contributed by atoms with Crippen LogP contribution in [0.5, 0.6) is 0 Å². The molecule has 0 unspecified atom stereocenters. The van der Waals surface area contributed by atoms with Gasteiger partial charge in [-0.3, -0.25) is 0 Å². The minimum Gasteiger partial charge on any atom is -0.377 e. The third-order valence-electron chi connectivity index (χ3n) is 1.72. The van der Waals surface area contributed by atoms with E-state index in [2.05, 4.69) is 11.6 Å². The van der Waals surface area contributed by atoms with Crippen LogP contribution in [-0.2, 0) is 9.53 Å². The second kappa shape index (κ2) is 10.2. The first-order valence-electron chi connectivity index (χ1n) is 5.03. The summed E-state index contributed by atoms with van der Waals surface area (Å²) in [6.45, 7) is 7.77. The van der Waals surface area contributed by atoms with Crippen LogP contribution >= 0.6 is 0 Å². The van der Waals surface area contributed by atoms with Gasteiger partial charge in [-0.25, -0.2) is 9.79 Å². The first-order valence-corrected chi connectivity index (χ1v) is 5.03. The summed E-state index contributed by atoms with van der Waals surface area (Å²) in [7, 11) is 0. The number of nitrogens with zero attached hydrogens (tertiary/aromatic N) is 1. The third-order valence-corrected chi connectivity index (χ3v) is 1.72. The lowest BCUT2D eigenvalue weighted by Gasteiger charge is -2.02. The molecule has 0 heterocycles. The van der Waals surface area contributed by atoms with Crippen molar-refractivity contribution in [2.45, 2.75) is 32.6 Å². The van der Waals surface area contributed by atoms with Crippen LogP contribution in [-0.4, -0.2) is 25.8 Å². The molecular weight excluding hydrogens is 178 g/mol. The van der Waals surface area contributed by atoms with Crippen molar-refractivity contribution in [2.75, 3.05) is 19.8 Å². The van der Waals surface area contributed by atoms with Crippen LogP contribution < -0.4 is 0 Å². The van der Waals surface area contributed by atoms with E-state index in [1.165, 1.54) is 6.08 Å². The maximum Gasteiger partial charge on any atom is 0.234 e. The fourth-order valence-corrected chi connectivity index (χ4v) is 1.04. The van der Waals surface area contributed by atoms with E-state index in [9.17, 15) is 4.79 Å². The molecule has 0 aliphatic carbocycles. The molecule has 0 aromatic rings. The quantitative estimate of drug-likeness (QED) is 0.246. The summed E-state index contributed by atoms with van der Waals surface area (Å²) >= 11 is 0. The zero-order valence-corrected chi connectivity index (χ0v) is 8.92. The van der Waals surface area contributed by atoms with Crippen molar-refractivity contribution >= 4 is 6.08 Å². The summed E-state index contributed by atoms with van der Waals surface area (Å²) < 4.78 is 5.34. The van der Waals surface area contributed by atoms with Crippen molar-refractivity contribution in [3.63, 3.8) is 0 Å². The summed E-state index contributed by atoms with van der Waals surface area (Å²) in [5.41, 5.74) is 1.06. The van der Waals surface area contributed by atoms with Crippen LogP contribution in [0.3, 0.4) is 0 Å². The molecule has 14 heavy (non-hydrogen) atoms. The zero-order valence-electron chi connectivity index (χ0n) is 8.92. The SMILES string of the molecule is C=C(C)COCCCCCCN=C=O. The second-order valence-electron chi connectivity index (χ2n) is 3.40. The van der Waals surface area contributed by atoms with Crippen molar-refractivity contribution < 1.29 is 9.53 Å². The largest absolute Gasteiger partial charge is 0.377 e. The Morgan fingerprint density at radius 2 is 2.07 bits per heavy atom. The minimum absolute atomic E-state index is 0.607. The molecule has 0 N–H and O–H groups in total. The molecule has 3 nitrogen and oxygen atoms in total. The average Bonchev–Trinajstić information content (AvgIpc) is 2.15. The number of unbranched alkanes of at least 4 members (excludes halogenated alkanes) is 3. The van der Waals surface area contributed by atoms with E-state index in [0.29, 0.717) is 13.2 Å². The molecule has 0 amide bonds. The van der Waals surface area contributed by atoms with Crippen LogP contribution in [0.1, 0.15) is 32.6 Å². The summed E-state index contributed by atoms with van der Waals surface area (Å²) in [5.74, 6) is 0. The summed E-state index contributed by atoms with van der Waals surface area (Å²) in [6, 6.07) is 0. The highest BCUT2D eigenvalue weighted by atomic mass is 16.5. The Morgan fingerprint density at radius 1 is 1.36 bits per heavy atom. The van der Waals surface area contributed by atoms with E-state index in [0.717, 1.165) is 37.9 Å². The van der Waals surface area contributed by atoms with E-state index in [1.54, 1.807) is 0 Å². The highest BCUT2D eigenvalue weighted by Gasteiger charge is 1.91. The lowest BCUT2D eigenvalue weighted by molar-refractivity contribution is 0.151. The van der Waals surface area contributed by atoms with Crippen molar-refractivity contribution in [3.8, 4) is 0 Å². The van der Waals surface area contributed by atoms with Crippen molar-refractivity contribution in [1.82, 2.24) is 0 Å². The summed E-state index contributed by atoms with van der Waals surface area (Å²) in [4.78, 5) is 13.2. The minimum atomic E-state index is 0.607. The predicted molar refractivity (Wildman–Crippen MR) is 57.1 cm³/mol. The van der Waals surface area contributed by atoms with Crippen molar-refractivity contribution in [2.24, 2.45) is 4.99 Å². The lowest BCUT2D eigenvalue weighted by atomic mass is 10.2. The third kappa shape index (κ3) is 11.1. The van der Waals surface area contributed by atoms with Crippen LogP contribution in [0.2, 0.25) is 0 Å². The van der Waals surface area contributed by atoms with E-state index < -0.39 is 0 Å². The number of ether oxygens (including phenoxy) is 1. The lowest BCUT2D eigenvalue weighted by Crippen LogP contribution is -1.97.